The molecule has 2 aromatic heterocycles. The minimum atomic E-state index is 0.977. The molecule has 0 radical (unpaired) electrons. The Kier molecular flexibility index (Phi) is 3.00. The van der Waals surface area contributed by atoms with Gasteiger partial charge in [0, 0.05) is 37.7 Å². The highest BCUT2D eigenvalue weighted by Gasteiger charge is 2.21. The predicted molar refractivity (Wildman–Crippen MR) is 84.0 cm³/mol. The van der Waals surface area contributed by atoms with Gasteiger partial charge in [-0.1, -0.05) is 23.5 Å². The molecule has 1 aliphatic rings. The van der Waals surface area contributed by atoms with E-state index in [9.17, 15) is 0 Å². The van der Waals surface area contributed by atoms with Gasteiger partial charge in [0.2, 0.25) is 5.13 Å². The Morgan fingerprint density at radius 3 is 2.40 bits per heavy atom. The lowest BCUT2D eigenvalue weighted by Crippen LogP contribution is -2.46. The van der Waals surface area contributed by atoms with Crippen molar-refractivity contribution in [2.45, 2.75) is 0 Å². The second kappa shape index (κ2) is 4.99. The summed E-state index contributed by atoms with van der Waals surface area (Å²) in [5.41, 5.74) is 1.10. The summed E-state index contributed by atoms with van der Waals surface area (Å²) in [5, 5.41) is 2.15. The standard InChI is InChI=1S/C13H13N5S2/c1-2-4-11-10(3-1)16-13(19-11)18-7-5-17(6-8-18)12-14-9-15-20-12/h1-4,9H,5-8H2. The monoisotopic (exact) mass is 303 g/mol. The topological polar surface area (TPSA) is 45.2 Å². The van der Waals surface area contributed by atoms with Gasteiger partial charge < -0.3 is 9.80 Å². The van der Waals surface area contributed by atoms with Crippen LogP contribution in [-0.4, -0.2) is 40.5 Å². The molecule has 1 saturated heterocycles. The van der Waals surface area contributed by atoms with Gasteiger partial charge in [-0.25, -0.2) is 9.97 Å². The SMILES string of the molecule is c1ccc2sc(N3CCN(c4ncns4)CC3)nc2c1. The van der Waals surface area contributed by atoms with Crippen molar-refractivity contribution < 1.29 is 0 Å². The molecule has 3 aromatic rings. The normalized spacial score (nSPS) is 16.0. The van der Waals surface area contributed by atoms with E-state index in [1.165, 1.54) is 16.2 Å². The first-order valence-electron chi connectivity index (χ1n) is 6.52. The fourth-order valence-electron chi connectivity index (χ4n) is 2.39. The average molecular weight is 303 g/mol. The largest absolute Gasteiger partial charge is 0.345 e. The third kappa shape index (κ3) is 2.12. The van der Waals surface area contributed by atoms with Crippen molar-refractivity contribution >= 4 is 43.3 Å². The van der Waals surface area contributed by atoms with Crippen LogP contribution in [0.25, 0.3) is 10.2 Å². The fourth-order valence-corrected chi connectivity index (χ4v) is 3.99. The number of nitrogens with zero attached hydrogens (tertiary/aromatic N) is 5. The van der Waals surface area contributed by atoms with Gasteiger partial charge in [0.15, 0.2) is 5.13 Å². The van der Waals surface area contributed by atoms with Gasteiger partial charge in [-0.3, -0.25) is 0 Å². The number of rotatable bonds is 2. The first-order chi connectivity index (χ1) is 9.90. The summed E-state index contributed by atoms with van der Waals surface area (Å²) in [5.74, 6) is 0. The molecule has 0 bridgehead atoms. The lowest BCUT2D eigenvalue weighted by Gasteiger charge is -2.34. The van der Waals surface area contributed by atoms with E-state index in [0.29, 0.717) is 0 Å². The second-order valence-electron chi connectivity index (χ2n) is 4.66. The molecule has 102 valence electrons. The Morgan fingerprint density at radius 1 is 0.950 bits per heavy atom. The van der Waals surface area contributed by atoms with Crippen molar-refractivity contribution in [3.05, 3.63) is 30.6 Å². The highest BCUT2D eigenvalue weighted by atomic mass is 32.1. The third-order valence-corrected chi connectivity index (χ3v) is 5.28. The molecule has 5 nitrogen and oxygen atoms in total. The third-order valence-electron chi connectivity index (χ3n) is 3.45. The molecule has 7 heteroatoms. The molecular formula is C13H13N5S2. The van der Waals surface area contributed by atoms with Gasteiger partial charge in [-0.15, -0.1) is 0 Å². The quantitative estimate of drug-likeness (QED) is 0.728. The molecule has 0 unspecified atom stereocenters. The van der Waals surface area contributed by atoms with E-state index < -0.39 is 0 Å². The highest BCUT2D eigenvalue weighted by Crippen LogP contribution is 2.29. The molecule has 20 heavy (non-hydrogen) atoms. The van der Waals surface area contributed by atoms with Gasteiger partial charge in [0.1, 0.15) is 6.33 Å². The van der Waals surface area contributed by atoms with Crippen molar-refractivity contribution in [1.29, 1.82) is 0 Å². The minimum absolute atomic E-state index is 0.977. The van der Waals surface area contributed by atoms with Crippen LogP contribution in [0.15, 0.2) is 30.6 Å². The van der Waals surface area contributed by atoms with Crippen LogP contribution in [-0.2, 0) is 0 Å². The van der Waals surface area contributed by atoms with Crippen molar-refractivity contribution in [3.63, 3.8) is 0 Å². The summed E-state index contributed by atoms with van der Waals surface area (Å²) in [4.78, 5) is 13.7. The summed E-state index contributed by atoms with van der Waals surface area (Å²) >= 11 is 3.24. The minimum Gasteiger partial charge on any atom is -0.345 e. The van der Waals surface area contributed by atoms with Crippen LogP contribution in [0.1, 0.15) is 0 Å². The Hall–Kier alpha value is -1.73. The maximum atomic E-state index is 4.72. The summed E-state index contributed by atoms with van der Waals surface area (Å²) in [7, 11) is 0. The molecule has 1 fully saturated rings. The predicted octanol–water partition coefficient (Wildman–Crippen LogP) is 2.47. The number of benzene rings is 1. The zero-order valence-corrected chi connectivity index (χ0v) is 12.4. The van der Waals surface area contributed by atoms with Crippen LogP contribution >= 0.6 is 22.9 Å². The molecule has 0 atom stereocenters. The van der Waals surface area contributed by atoms with Crippen LogP contribution in [0.2, 0.25) is 0 Å². The van der Waals surface area contributed by atoms with Crippen LogP contribution in [0.4, 0.5) is 10.3 Å². The molecule has 0 aliphatic carbocycles. The zero-order chi connectivity index (χ0) is 13.4. The Balaban J connectivity index is 1.51. The fraction of sp³-hybridized carbons (Fsp3) is 0.308. The number of thiazole rings is 1. The van der Waals surface area contributed by atoms with Crippen LogP contribution in [0.3, 0.4) is 0 Å². The van der Waals surface area contributed by atoms with E-state index in [2.05, 4.69) is 37.4 Å². The van der Waals surface area contributed by atoms with Gasteiger partial charge in [0.05, 0.1) is 10.2 Å². The van der Waals surface area contributed by atoms with E-state index in [4.69, 9.17) is 4.98 Å². The summed E-state index contributed by atoms with van der Waals surface area (Å²) in [6.07, 6.45) is 1.62. The summed E-state index contributed by atoms with van der Waals surface area (Å²) < 4.78 is 5.33. The van der Waals surface area contributed by atoms with E-state index >= 15 is 0 Å². The maximum Gasteiger partial charge on any atom is 0.205 e. The number of fused-ring (bicyclic) bond motifs is 1. The Bertz CT molecular complexity index is 667. The smallest absolute Gasteiger partial charge is 0.205 e. The Morgan fingerprint density at radius 2 is 1.70 bits per heavy atom. The molecule has 1 aromatic carbocycles. The summed E-state index contributed by atoms with van der Waals surface area (Å²) in [6, 6.07) is 8.32. The van der Waals surface area contributed by atoms with E-state index in [1.54, 1.807) is 17.7 Å². The molecule has 0 saturated carbocycles. The van der Waals surface area contributed by atoms with Gasteiger partial charge >= 0.3 is 0 Å². The molecule has 0 N–H and O–H groups in total. The van der Waals surface area contributed by atoms with Gasteiger partial charge in [-0.05, 0) is 12.1 Å². The molecule has 0 amide bonds. The van der Waals surface area contributed by atoms with Crippen molar-refractivity contribution in [3.8, 4) is 0 Å². The van der Waals surface area contributed by atoms with Crippen LogP contribution < -0.4 is 9.80 Å². The van der Waals surface area contributed by atoms with Crippen LogP contribution in [0, 0.1) is 0 Å². The molecular weight excluding hydrogens is 290 g/mol. The van der Waals surface area contributed by atoms with E-state index in [1.807, 2.05) is 6.07 Å². The lowest BCUT2D eigenvalue weighted by molar-refractivity contribution is 0.651. The van der Waals surface area contributed by atoms with Crippen LogP contribution in [0.5, 0.6) is 0 Å². The summed E-state index contributed by atoms with van der Waals surface area (Å²) in [6.45, 7) is 3.93. The van der Waals surface area contributed by atoms with Crippen molar-refractivity contribution in [2.75, 3.05) is 36.0 Å². The van der Waals surface area contributed by atoms with Crippen molar-refractivity contribution in [1.82, 2.24) is 14.3 Å². The molecule has 3 heterocycles. The maximum absolute atomic E-state index is 4.72. The highest BCUT2D eigenvalue weighted by molar-refractivity contribution is 7.22. The number of anilines is 2. The van der Waals surface area contributed by atoms with Crippen molar-refractivity contribution in [2.24, 2.45) is 0 Å². The van der Waals surface area contributed by atoms with E-state index in [-0.39, 0.29) is 0 Å². The second-order valence-corrected chi connectivity index (χ2v) is 6.43. The molecule has 0 spiro atoms. The van der Waals surface area contributed by atoms with E-state index in [0.717, 1.165) is 42.0 Å². The van der Waals surface area contributed by atoms with Gasteiger partial charge in [-0.2, -0.15) is 4.37 Å². The first kappa shape index (κ1) is 12.0. The first-order valence-corrected chi connectivity index (χ1v) is 8.11. The number of hydrogen-bond acceptors (Lipinski definition) is 7. The molecule has 4 rings (SSSR count). The average Bonchev–Trinajstić information content (AvgIpc) is 3.17. The number of piperazine rings is 1. The zero-order valence-electron chi connectivity index (χ0n) is 10.8. The Labute approximate surface area is 124 Å². The number of hydrogen-bond donors (Lipinski definition) is 0. The van der Waals surface area contributed by atoms with Gasteiger partial charge in [0.25, 0.3) is 0 Å². The molecule has 1 aliphatic heterocycles. The number of para-hydroxylation sites is 1. The number of aromatic nitrogens is 3. The lowest BCUT2D eigenvalue weighted by atomic mass is 10.3.